The van der Waals surface area contributed by atoms with Gasteiger partial charge in [0.15, 0.2) is 11.5 Å². The number of nitrogens with zero attached hydrogens (tertiary/aromatic N) is 3. The molecule has 0 aliphatic carbocycles. The molecule has 3 aromatic rings. The summed E-state index contributed by atoms with van der Waals surface area (Å²) in [6, 6.07) is 19.1. The van der Waals surface area contributed by atoms with Crippen molar-refractivity contribution in [3.63, 3.8) is 0 Å². The van der Waals surface area contributed by atoms with Gasteiger partial charge in [0, 0.05) is 35.3 Å². The molecule has 0 amide bonds. The van der Waals surface area contributed by atoms with Crippen LogP contribution in [0.1, 0.15) is 22.3 Å². The largest absolute Gasteiger partial charge is 0.493 e. The van der Waals surface area contributed by atoms with E-state index in [2.05, 4.69) is 84.2 Å². The third-order valence-electron chi connectivity index (χ3n) is 6.37. The van der Waals surface area contributed by atoms with Crippen LogP contribution in [-0.4, -0.2) is 29.0 Å². The number of ether oxygens (including phenoxy) is 2. The number of aromatic nitrogens is 3. The van der Waals surface area contributed by atoms with Crippen molar-refractivity contribution in [2.24, 2.45) is 0 Å². The molecule has 2 heterocycles. The molecule has 0 unspecified atom stereocenters. The van der Waals surface area contributed by atoms with Crippen molar-refractivity contribution in [1.29, 1.82) is 0 Å². The van der Waals surface area contributed by atoms with Crippen LogP contribution in [0.25, 0.3) is 33.4 Å². The molecule has 0 aromatic heterocycles. The van der Waals surface area contributed by atoms with E-state index in [0.717, 1.165) is 40.0 Å². The lowest BCUT2D eigenvalue weighted by Gasteiger charge is -2.18. The Hall–Kier alpha value is -3.86. The number of rotatable bonds is 5. The van der Waals surface area contributed by atoms with Crippen LogP contribution in [0.2, 0.25) is 0 Å². The van der Waals surface area contributed by atoms with Crippen molar-refractivity contribution >= 4 is 10.9 Å². The Morgan fingerprint density at radius 3 is 2.15 bits per heavy atom. The van der Waals surface area contributed by atoms with Gasteiger partial charge in [-0.3, -0.25) is 0 Å². The predicted molar refractivity (Wildman–Crippen MR) is 132 cm³/mol. The molecule has 0 fully saturated rings. The topological polar surface area (TPSA) is 49.2 Å². The molecule has 166 valence electrons. The fourth-order valence-electron chi connectivity index (χ4n) is 4.29. The first-order valence-electron chi connectivity index (χ1n) is 11.0. The van der Waals surface area contributed by atoms with Gasteiger partial charge in [0.1, 0.15) is 11.4 Å². The van der Waals surface area contributed by atoms with E-state index in [4.69, 9.17) is 9.47 Å². The second-order valence-electron chi connectivity index (χ2n) is 8.58. The summed E-state index contributed by atoms with van der Waals surface area (Å²) in [6.07, 6.45) is 2.16. The fourth-order valence-corrected chi connectivity index (χ4v) is 4.29. The normalized spacial score (nSPS) is 11.3. The highest BCUT2D eigenvalue weighted by Crippen LogP contribution is 2.41. The van der Waals surface area contributed by atoms with E-state index in [0.29, 0.717) is 11.5 Å². The maximum atomic E-state index is 5.60. The number of methoxy groups -OCH3 is 2. The van der Waals surface area contributed by atoms with E-state index >= 15 is 0 Å². The zero-order valence-corrected chi connectivity index (χ0v) is 19.6. The van der Waals surface area contributed by atoms with Crippen molar-refractivity contribution in [1.82, 2.24) is 14.8 Å². The monoisotopic (exact) mass is 437 g/mol. The van der Waals surface area contributed by atoms with Crippen molar-refractivity contribution in [3.05, 3.63) is 83.0 Å². The van der Waals surface area contributed by atoms with E-state index in [9.17, 15) is 0 Å². The summed E-state index contributed by atoms with van der Waals surface area (Å²) < 4.78 is 13.5. The third kappa shape index (κ3) is 3.69. The van der Waals surface area contributed by atoms with Crippen molar-refractivity contribution < 1.29 is 9.47 Å². The minimum Gasteiger partial charge on any atom is -0.493 e. The SMILES string of the molecule is COc1cc2c3nnc(-c4ccc(C)c(C)c4)c-3cn(Cc3ccc(C)cc3)c2cc1OC. The van der Waals surface area contributed by atoms with E-state index in [-0.39, 0.29) is 0 Å². The first-order chi connectivity index (χ1) is 16.0. The molecule has 0 saturated heterocycles. The standard InChI is InChI=1S/C28H27N3O2/c1-17-6-9-20(10-7-17)15-31-16-23-27(21-11-8-18(2)19(3)12-21)29-30-28(23)22-13-25(32-4)26(33-5)14-24(22)31/h6-14,16H,15H2,1-5H3. The average molecular weight is 438 g/mol. The number of benzene rings is 3. The summed E-state index contributed by atoms with van der Waals surface area (Å²) in [7, 11) is 3.31. The number of hydrogen-bond acceptors (Lipinski definition) is 4. The predicted octanol–water partition coefficient (Wildman–Crippen LogP) is 6.19. The van der Waals surface area contributed by atoms with E-state index in [1.807, 2.05) is 12.1 Å². The fraction of sp³-hybridized carbons (Fsp3) is 0.214. The van der Waals surface area contributed by atoms with Gasteiger partial charge >= 0.3 is 0 Å². The molecule has 0 bridgehead atoms. The molecular weight excluding hydrogens is 410 g/mol. The van der Waals surface area contributed by atoms with Crippen LogP contribution < -0.4 is 9.47 Å². The first-order valence-corrected chi connectivity index (χ1v) is 11.0. The Balaban J connectivity index is 1.77. The zero-order chi connectivity index (χ0) is 23.1. The number of fused-ring (bicyclic) bond motifs is 3. The molecule has 5 nitrogen and oxygen atoms in total. The lowest BCUT2D eigenvalue weighted by Crippen LogP contribution is -2.05. The smallest absolute Gasteiger partial charge is 0.162 e. The highest BCUT2D eigenvalue weighted by Gasteiger charge is 2.22. The minimum absolute atomic E-state index is 0.676. The molecule has 0 saturated carbocycles. The Morgan fingerprint density at radius 1 is 0.758 bits per heavy atom. The summed E-state index contributed by atoms with van der Waals surface area (Å²) >= 11 is 0. The highest BCUT2D eigenvalue weighted by atomic mass is 16.5. The second kappa shape index (κ2) is 8.24. The lowest BCUT2D eigenvalue weighted by molar-refractivity contribution is 0.355. The van der Waals surface area contributed by atoms with Gasteiger partial charge in [0.2, 0.25) is 0 Å². The number of aryl methyl sites for hydroxylation is 3. The summed E-state index contributed by atoms with van der Waals surface area (Å²) in [4.78, 5) is 0. The van der Waals surface area contributed by atoms with Crippen molar-refractivity contribution in [2.75, 3.05) is 14.2 Å². The molecule has 2 aliphatic heterocycles. The van der Waals surface area contributed by atoms with Crippen LogP contribution >= 0.6 is 0 Å². The lowest BCUT2D eigenvalue weighted by atomic mass is 9.98. The Labute approximate surface area is 194 Å². The van der Waals surface area contributed by atoms with Gasteiger partial charge in [-0.2, -0.15) is 0 Å². The van der Waals surface area contributed by atoms with Crippen molar-refractivity contribution in [3.8, 4) is 34.0 Å². The molecule has 2 aliphatic rings. The highest BCUT2D eigenvalue weighted by molar-refractivity contribution is 5.99. The van der Waals surface area contributed by atoms with Gasteiger partial charge < -0.3 is 14.0 Å². The second-order valence-corrected chi connectivity index (χ2v) is 8.58. The van der Waals surface area contributed by atoms with Crippen LogP contribution in [0.5, 0.6) is 11.5 Å². The van der Waals surface area contributed by atoms with E-state index in [1.165, 1.54) is 22.3 Å². The van der Waals surface area contributed by atoms with Gasteiger partial charge in [-0.25, -0.2) is 0 Å². The molecule has 5 heteroatoms. The van der Waals surface area contributed by atoms with Crippen LogP contribution in [-0.2, 0) is 6.54 Å². The zero-order valence-electron chi connectivity index (χ0n) is 19.6. The van der Waals surface area contributed by atoms with Gasteiger partial charge in [-0.05, 0) is 49.6 Å². The molecule has 3 aromatic carbocycles. The first kappa shape index (κ1) is 21.0. The summed E-state index contributed by atoms with van der Waals surface area (Å²) in [6.45, 7) is 7.07. The van der Waals surface area contributed by atoms with Crippen LogP contribution in [0, 0.1) is 20.8 Å². The molecule has 0 N–H and O–H groups in total. The molecule has 0 radical (unpaired) electrons. The van der Waals surface area contributed by atoms with Crippen LogP contribution in [0.15, 0.2) is 60.8 Å². The Bertz CT molecular complexity index is 1430. The van der Waals surface area contributed by atoms with Gasteiger partial charge in [0.05, 0.1) is 19.7 Å². The van der Waals surface area contributed by atoms with Gasteiger partial charge in [-0.15, -0.1) is 10.2 Å². The minimum atomic E-state index is 0.676. The van der Waals surface area contributed by atoms with Gasteiger partial charge in [-0.1, -0.05) is 42.0 Å². The summed E-state index contributed by atoms with van der Waals surface area (Å²) in [5.74, 6) is 1.37. The van der Waals surface area contributed by atoms with E-state index in [1.54, 1.807) is 14.2 Å². The van der Waals surface area contributed by atoms with Crippen molar-refractivity contribution in [2.45, 2.75) is 27.3 Å². The van der Waals surface area contributed by atoms with Crippen LogP contribution in [0.4, 0.5) is 0 Å². The maximum Gasteiger partial charge on any atom is 0.162 e. The molecule has 5 rings (SSSR count). The average Bonchev–Trinajstić information content (AvgIpc) is 3.25. The maximum absolute atomic E-state index is 5.60. The quantitative estimate of drug-likeness (QED) is 0.329. The van der Waals surface area contributed by atoms with E-state index < -0.39 is 0 Å². The van der Waals surface area contributed by atoms with Crippen LogP contribution in [0.3, 0.4) is 0 Å². The molecule has 33 heavy (non-hydrogen) atoms. The molecule has 0 spiro atoms. The Morgan fingerprint density at radius 2 is 1.45 bits per heavy atom. The summed E-state index contributed by atoms with van der Waals surface area (Å²) in [5.41, 5.74) is 9.84. The molecule has 0 atom stereocenters. The molecular formula is C28H27N3O2. The number of hydrogen-bond donors (Lipinski definition) is 0. The summed E-state index contributed by atoms with van der Waals surface area (Å²) in [5, 5.41) is 10.2. The number of pyridine rings is 1. The van der Waals surface area contributed by atoms with Gasteiger partial charge in [0.25, 0.3) is 0 Å². The Kier molecular flexibility index (Phi) is 5.25. The third-order valence-corrected chi connectivity index (χ3v) is 6.37.